The zero-order valence-corrected chi connectivity index (χ0v) is 12.0. The highest BCUT2D eigenvalue weighted by Crippen LogP contribution is 2.19. The number of benzene rings is 1. The van der Waals surface area contributed by atoms with Crippen LogP contribution in [0.2, 0.25) is 0 Å². The van der Waals surface area contributed by atoms with Crippen LogP contribution in [0.15, 0.2) is 18.2 Å². The van der Waals surface area contributed by atoms with Gasteiger partial charge in [-0.05, 0) is 36.5 Å². The molecule has 0 fully saturated rings. The van der Waals surface area contributed by atoms with Crippen LogP contribution in [-0.2, 0) is 16.4 Å². The van der Waals surface area contributed by atoms with Crippen molar-refractivity contribution in [3.05, 3.63) is 23.8 Å². The van der Waals surface area contributed by atoms with E-state index in [1.54, 1.807) is 12.1 Å². The first-order chi connectivity index (χ1) is 8.34. The van der Waals surface area contributed by atoms with Gasteiger partial charge in [-0.25, -0.2) is 8.42 Å². The van der Waals surface area contributed by atoms with Crippen molar-refractivity contribution in [1.29, 1.82) is 0 Å². The van der Waals surface area contributed by atoms with E-state index in [4.69, 9.17) is 5.73 Å². The molecular weight excluding hydrogens is 248 g/mol. The molecule has 0 saturated carbocycles. The summed E-state index contributed by atoms with van der Waals surface area (Å²) in [6.07, 6.45) is 1.49. The SMILES string of the molecule is CCc1ccc(NS(=O)(=O)CCC(C)C)cc1N. The molecule has 0 atom stereocenters. The Balaban J connectivity index is 2.75. The number of anilines is 2. The number of sulfonamides is 1. The lowest BCUT2D eigenvalue weighted by molar-refractivity contribution is 0.578. The van der Waals surface area contributed by atoms with Gasteiger partial charge in [0, 0.05) is 5.69 Å². The Morgan fingerprint density at radius 2 is 2.00 bits per heavy atom. The summed E-state index contributed by atoms with van der Waals surface area (Å²) in [5, 5.41) is 0. The minimum Gasteiger partial charge on any atom is -0.398 e. The van der Waals surface area contributed by atoms with Crippen LogP contribution in [0.25, 0.3) is 0 Å². The molecule has 0 spiro atoms. The Morgan fingerprint density at radius 3 is 2.50 bits per heavy atom. The van der Waals surface area contributed by atoms with Crippen molar-refractivity contribution in [2.24, 2.45) is 5.92 Å². The zero-order valence-electron chi connectivity index (χ0n) is 11.2. The van der Waals surface area contributed by atoms with Crippen molar-refractivity contribution in [2.75, 3.05) is 16.2 Å². The normalized spacial score (nSPS) is 11.8. The molecule has 0 heterocycles. The highest BCUT2D eigenvalue weighted by Gasteiger charge is 2.11. The number of nitrogens with one attached hydrogen (secondary N) is 1. The van der Waals surface area contributed by atoms with Gasteiger partial charge in [0.05, 0.1) is 11.4 Å². The molecule has 1 aromatic carbocycles. The van der Waals surface area contributed by atoms with E-state index in [0.717, 1.165) is 12.0 Å². The van der Waals surface area contributed by atoms with Crippen LogP contribution in [0.4, 0.5) is 11.4 Å². The topological polar surface area (TPSA) is 72.2 Å². The van der Waals surface area contributed by atoms with Gasteiger partial charge in [-0.1, -0.05) is 26.8 Å². The molecular formula is C13H22N2O2S. The zero-order chi connectivity index (χ0) is 13.8. The van der Waals surface area contributed by atoms with E-state index < -0.39 is 10.0 Å². The fourth-order valence-electron chi connectivity index (χ4n) is 1.60. The Morgan fingerprint density at radius 1 is 1.33 bits per heavy atom. The molecule has 0 bridgehead atoms. The van der Waals surface area contributed by atoms with Gasteiger partial charge >= 0.3 is 0 Å². The Hall–Kier alpha value is -1.23. The monoisotopic (exact) mass is 270 g/mol. The maximum absolute atomic E-state index is 11.8. The second-order valence-corrected chi connectivity index (χ2v) is 6.71. The van der Waals surface area contributed by atoms with Gasteiger partial charge in [-0.15, -0.1) is 0 Å². The van der Waals surface area contributed by atoms with Crippen molar-refractivity contribution in [2.45, 2.75) is 33.6 Å². The molecule has 0 amide bonds. The maximum Gasteiger partial charge on any atom is 0.232 e. The first-order valence-electron chi connectivity index (χ1n) is 6.23. The van der Waals surface area contributed by atoms with E-state index in [-0.39, 0.29) is 5.75 Å². The number of aryl methyl sites for hydroxylation is 1. The molecule has 0 radical (unpaired) electrons. The lowest BCUT2D eigenvalue weighted by atomic mass is 10.1. The van der Waals surface area contributed by atoms with Crippen molar-refractivity contribution < 1.29 is 8.42 Å². The van der Waals surface area contributed by atoms with Crippen LogP contribution in [0.5, 0.6) is 0 Å². The third kappa shape index (κ3) is 4.56. The average Bonchev–Trinajstić information content (AvgIpc) is 2.26. The second-order valence-electron chi connectivity index (χ2n) is 4.87. The maximum atomic E-state index is 11.8. The van der Waals surface area contributed by atoms with Gasteiger partial charge in [-0.2, -0.15) is 0 Å². The molecule has 18 heavy (non-hydrogen) atoms. The predicted octanol–water partition coefficient (Wildman–Crippen LogP) is 2.62. The quantitative estimate of drug-likeness (QED) is 0.780. The second kappa shape index (κ2) is 6.09. The van der Waals surface area contributed by atoms with E-state index >= 15 is 0 Å². The summed E-state index contributed by atoms with van der Waals surface area (Å²) in [4.78, 5) is 0. The molecule has 0 aliphatic carbocycles. The largest absolute Gasteiger partial charge is 0.398 e. The van der Waals surface area contributed by atoms with Crippen LogP contribution in [-0.4, -0.2) is 14.2 Å². The van der Waals surface area contributed by atoms with Crippen LogP contribution >= 0.6 is 0 Å². The van der Waals surface area contributed by atoms with Crippen LogP contribution in [0.1, 0.15) is 32.8 Å². The molecule has 3 N–H and O–H groups in total. The van der Waals surface area contributed by atoms with Gasteiger partial charge < -0.3 is 5.73 Å². The van der Waals surface area contributed by atoms with Crippen molar-refractivity contribution >= 4 is 21.4 Å². The number of hydrogen-bond acceptors (Lipinski definition) is 3. The standard InChI is InChI=1S/C13H22N2O2S/c1-4-11-5-6-12(9-13(11)14)15-18(16,17)8-7-10(2)3/h5-6,9-10,15H,4,7-8,14H2,1-3H3. The summed E-state index contributed by atoms with van der Waals surface area (Å²) in [7, 11) is -3.27. The molecule has 0 unspecified atom stereocenters. The molecule has 0 saturated heterocycles. The van der Waals surface area contributed by atoms with Gasteiger partial charge in [0.2, 0.25) is 10.0 Å². The van der Waals surface area contributed by atoms with Gasteiger partial charge in [0.15, 0.2) is 0 Å². The number of hydrogen-bond donors (Lipinski definition) is 2. The lowest BCUT2D eigenvalue weighted by Crippen LogP contribution is -2.18. The highest BCUT2D eigenvalue weighted by molar-refractivity contribution is 7.92. The molecule has 1 aromatic rings. The van der Waals surface area contributed by atoms with Crippen molar-refractivity contribution in [3.8, 4) is 0 Å². The van der Waals surface area contributed by atoms with E-state index in [1.807, 2.05) is 26.8 Å². The number of rotatable bonds is 6. The van der Waals surface area contributed by atoms with E-state index in [9.17, 15) is 8.42 Å². The summed E-state index contributed by atoms with van der Waals surface area (Å²) in [6.45, 7) is 6.02. The summed E-state index contributed by atoms with van der Waals surface area (Å²) < 4.78 is 26.2. The predicted molar refractivity (Wildman–Crippen MR) is 77.1 cm³/mol. The summed E-state index contributed by atoms with van der Waals surface area (Å²) in [5.74, 6) is 0.509. The summed E-state index contributed by atoms with van der Waals surface area (Å²) >= 11 is 0. The van der Waals surface area contributed by atoms with Gasteiger partial charge in [0.1, 0.15) is 0 Å². The fraction of sp³-hybridized carbons (Fsp3) is 0.538. The molecule has 0 aliphatic heterocycles. The number of nitrogens with two attached hydrogens (primary N) is 1. The fourth-order valence-corrected chi connectivity index (χ4v) is 2.97. The van der Waals surface area contributed by atoms with E-state index in [2.05, 4.69) is 4.72 Å². The van der Waals surface area contributed by atoms with E-state index in [1.165, 1.54) is 0 Å². The van der Waals surface area contributed by atoms with Crippen LogP contribution < -0.4 is 10.5 Å². The van der Waals surface area contributed by atoms with E-state index in [0.29, 0.717) is 23.7 Å². The summed E-state index contributed by atoms with van der Waals surface area (Å²) in [5.41, 5.74) is 8.03. The van der Waals surface area contributed by atoms with Crippen LogP contribution in [0.3, 0.4) is 0 Å². The minimum absolute atomic E-state index is 0.139. The van der Waals surface area contributed by atoms with Crippen LogP contribution in [0, 0.1) is 5.92 Å². The summed E-state index contributed by atoms with van der Waals surface area (Å²) in [6, 6.07) is 5.28. The lowest BCUT2D eigenvalue weighted by Gasteiger charge is -2.11. The highest BCUT2D eigenvalue weighted by atomic mass is 32.2. The molecule has 1 rings (SSSR count). The first kappa shape index (κ1) is 14.8. The third-order valence-corrected chi connectivity index (χ3v) is 4.08. The third-order valence-electron chi connectivity index (χ3n) is 2.76. The molecule has 0 aliphatic rings. The molecule has 102 valence electrons. The van der Waals surface area contributed by atoms with Gasteiger partial charge in [0.25, 0.3) is 0 Å². The van der Waals surface area contributed by atoms with Crippen molar-refractivity contribution in [3.63, 3.8) is 0 Å². The molecule has 5 heteroatoms. The smallest absolute Gasteiger partial charge is 0.232 e. The van der Waals surface area contributed by atoms with Gasteiger partial charge in [-0.3, -0.25) is 4.72 Å². The van der Waals surface area contributed by atoms with Crippen molar-refractivity contribution in [1.82, 2.24) is 0 Å². The molecule has 0 aromatic heterocycles. The number of nitrogen functional groups attached to an aromatic ring is 1. The Kier molecular flexibility index (Phi) is 5.02. The first-order valence-corrected chi connectivity index (χ1v) is 7.88. The minimum atomic E-state index is -3.27. The average molecular weight is 270 g/mol. The molecule has 4 nitrogen and oxygen atoms in total. The Bertz CT molecular complexity index is 496. The Labute approximate surface area is 110 Å².